The molecule has 1 heterocycles. The van der Waals surface area contributed by atoms with Gasteiger partial charge in [0.05, 0.1) is 0 Å². The van der Waals surface area contributed by atoms with Crippen molar-refractivity contribution in [3.8, 4) is 0 Å². The van der Waals surface area contributed by atoms with Gasteiger partial charge >= 0.3 is 6.03 Å². The second-order valence-electron chi connectivity index (χ2n) is 3.53. The van der Waals surface area contributed by atoms with Gasteiger partial charge in [0.25, 0.3) is 5.91 Å². The number of amides is 3. The van der Waals surface area contributed by atoms with Gasteiger partial charge in [0.15, 0.2) is 0 Å². The molecular formula is C8H13N5O2. The Hall–Kier alpha value is -1.75. The Morgan fingerprint density at radius 3 is 2.73 bits per heavy atom. The van der Waals surface area contributed by atoms with Gasteiger partial charge in [-0.3, -0.25) is 9.69 Å². The molecule has 15 heavy (non-hydrogen) atoms. The fourth-order valence-electron chi connectivity index (χ4n) is 1.38. The van der Waals surface area contributed by atoms with Gasteiger partial charge in [-0.05, 0) is 18.9 Å². The topological polar surface area (TPSA) is 98.2 Å². The maximum atomic E-state index is 11.8. The molecule has 0 aliphatic carbocycles. The van der Waals surface area contributed by atoms with Crippen molar-refractivity contribution in [1.29, 1.82) is 0 Å². The molecule has 1 saturated heterocycles. The van der Waals surface area contributed by atoms with Crippen LogP contribution in [0.1, 0.15) is 20.3 Å². The molecule has 1 rings (SSSR count). The van der Waals surface area contributed by atoms with Crippen molar-refractivity contribution in [1.82, 2.24) is 10.2 Å². The van der Waals surface area contributed by atoms with E-state index in [1.54, 1.807) is 6.92 Å². The number of nitrogens with zero attached hydrogens (tertiary/aromatic N) is 4. The van der Waals surface area contributed by atoms with Gasteiger partial charge in [-0.25, -0.2) is 4.79 Å². The lowest BCUT2D eigenvalue weighted by molar-refractivity contribution is -0.130. The standard InChI is InChI=1S/C8H13N5O2/c1-3-8(2)6(14)13(7(15)11-8)5-4-10-12-9/h3-5H2,1-2H3,(H,11,15). The van der Waals surface area contributed by atoms with Crippen molar-refractivity contribution < 1.29 is 9.59 Å². The molecular weight excluding hydrogens is 198 g/mol. The van der Waals surface area contributed by atoms with Crippen LogP contribution >= 0.6 is 0 Å². The van der Waals surface area contributed by atoms with Crippen LogP contribution in [0.25, 0.3) is 10.4 Å². The van der Waals surface area contributed by atoms with Crippen LogP contribution in [0, 0.1) is 0 Å². The Balaban J connectivity index is 2.71. The predicted molar refractivity (Wildman–Crippen MR) is 53.0 cm³/mol. The fraction of sp³-hybridized carbons (Fsp3) is 0.750. The summed E-state index contributed by atoms with van der Waals surface area (Å²) in [5.41, 5.74) is 7.26. The molecule has 0 aromatic rings. The number of rotatable bonds is 4. The second kappa shape index (κ2) is 4.18. The van der Waals surface area contributed by atoms with Crippen LogP contribution in [-0.4, -0.2) is 35.5 Å². The zero-order chi connectivity index (χ0) is 11.5. The van der Waals surface area contributed by atoms with E-state index in [1.165, 1.54) is 0 Å². The first-order valence-electron chi connectivity index (χ1n) is 4.70. The third-order valence-electron chi connectivity index (χ3n) is 2.54. The molecule has 0 saturated carbocycles. The van der Waals surface area contributed by atoms with E-state index in [1.807, 2.05) is 6.92 Å². The summed E-state index contributed by atoms with van der Waals surface area (Å²) in [5, 5.41) is 5.89. The lowest BCUT2D eigenvalue weighted by Gasteiger charge is -2.18. The van der Waals surface area contributed by atoms with Crippen molar-refractivity contribution in [3.05, 3.63) is 10.4 Å². The summed E-state index contributed by atoms with van der Waals surface area (Å²) < 4.78 is 0. The average molecular weight is 211 g/mol. The molecule has 82 valence electrons. The first-order valence-corrected chi connectivity index (χ1v) is 4.70. The summed E-state index contributed by atoms with van der Waals surface area (Å²) in [6.45, 7) is 3.75. The van der Waals surface area contributed by atoms with Gasteiger partial charge < -0.3 is 5.32 Å². The minimum Gasteiger partial charge on any atom is -0.323 e. The molecule has 1 atom stereocenters. The molecule has 0 aromatic carbocycles. The predicted octanol–water partition coefficient (Wildman–Crippen LogP) is 1.02. The van der Waals surface area contributed by atoms with Crippen molar-refractivity contribution >= 4 is 11.9 Å². The van der Waals surface area contributed by atoms with E-state index < -0.39 is 11.6 Å². The highest BCUT2D eigenvalue weighted by atomic mass is 16.2. The van der Waals surface area contributed by atoms with E-state index in [0.29, 0.717) is 6.42 Å². The molecule has 1 N–H and O–H groups in total. The molecule has 1 aliphatic heterocycles. The van der Waals surface area contributed by atoms with E-state index in [2.05, 4.69) is 15.3 Å². The highest BCUT2D eigenvalue weighted by Crippen LogP contribution is 2.20. The number of hydrogen-bond acceptors (Lipinski definition) is 3. The van der Waals surface area contributed by atoms with Crippen LogP contribution < -0.4 is 5.32 Å². The third kappa shape index (κ3) is 2.02. The number of urea groups is 1. The molecule has 7 nitrogen and oxygen atoms in total. The summed E-state index contributed by atoms with van der Waals surface area (Å²) in [5.74, 6) is -0.261. The summed E-state index contributed by atoms with van der Waals surface area (Å²) in [6.07, 6.45) is 0.537. The number of imide groups is 1. The summed E-state index contributed by atoms with van der Waals surface area (Å²) in [4.78, 5) is 26.8. The van der Waals surface area contributed by atoms with Crippen LogP contribution in [0.15, 0.2) is 5.11 Å². The number of hydrogen-bond donors (Lipinski definition) is 1. The molecule has 1 unspecified atom stereocenters. The van der Waals surface area contributed by atoms with Crippen molar-refractivity contribution in [2.45, 2.75) is 25.8 Å². The number of carbonyl (C=O) groups is 2. The molecule has 1 aliphatic rings. The first kappa shape index (κ1) is 11.3. The fourth-order valence-corrected chi connectivity index (χ4v) is 1.38. The maximum Gasteiger partial charge on any atom is 0.325 e. The number of nitrogens with one attached hydrogen (secondary N) is 1. The second-order valence-corrected chi connectivity index (χ2v) is 3.53. The highest BCUT2D eigenvalue weighted by Gasteiger charge is 2.45. The molecule has 0 radical (unpaired) electrons. The van der Waals surface area contributed by atoms with Gasteiger partial charge in [-0.1, -0.05) is 12.0 Å². The van der Waals surface area contributed by atoms with E-state index in [-0.39, 0.29) is 19.0 Å². The highest BCUT2D eigenvalue weighted by molar-refractivity contribution is 6.06. The smallest absolute Gasteiger partial charge is 0.323 e. The lowest BCUT2D eigenvalue weighted by Crippen LogP contribution is -2.43. The third-order valence-corrected chi connectivity index (χ3v) is 2.54. The first-order chi connectivity index (χ1) is 7.05. The lowest BCUT2D eigenvalue weighted by atomic mass is 9.99. The molecule has 0 spiro atoms. The van der Waals surface area contributed by atoms with Crippen LogP contribution in [0.5, 0.6) is 0 Å². The van der Waals surface area contributed by atoms with Crippen molar-refractivity contribution in [2.24, 2.45) is 5.11 Å². The average Bonchev–Trinajstić information content (AvgIpc) is 2.42. The molecule has 7 heteroatoms. The van der Waals surface area contributed by atoms with Crippen LogP contribution in [0.2, 0.25) is 0 Å². The summed E-state index contributed by atoms with van der Waals surface area (Å²) in [7, 11) is 0. The largest absolute Gasteiger partial charge is 0.325 e. The number of carbonyl (C=O) groups excluding carboxylic acids is 2. The van der Waals surface area contributed by atoms with E-state index >= 15 is 0 Å². The molecule has 0 bridgehead atoms. The van der Waals surface area contributed by atoms with Gasteiger partial charge in [0.1, 0.15) is 5.54 Å². The van der Waals surface area contributed by atoms with Crippen LogP contribution in [0.4, 0.5) is 4.79 Å². The van der Waals surface area contributed by atoms with Gasteiger partial charge in [0, 0.05) is 18.0 Å². The summed E-state index contributed by atoms with van der Waals surface area (Å²) in [6, 6.07) is -0.419. The van der Waals surface area contributed by atoms with E-state index in [0.717, 1.165) is 4.90 Å². The van der Waals surface area contributed by atoms with Crippen LogP contribution in [-0.2, 0) is 4.79 Å². The SMILES string of the molecule is CCC1(C)NC(=O)N(CCN=[N+]=[N-])C1=O. The van der Waals surface area contributed by atoms with Crippen molar-refractivity contribution in [3.63, 3.8) is 0 Å². The zero-order valence-electron chi connectivity index (χ0n) is 8.73. The Morgan fingerprint density at radius 1 is 1.60 bits per heavy atom. The van der Waals surface area contributed by atoms with Gasteiger partial charge in [-0.15, -0.1) is 0 Å². The quantitative estimate of drug-likeness (QED) is 0.325. The van der Waals surface area contributed by atoms with Gasteiger partial charge in [0.2, 0.25) is 0 Å². The summed E-state index contributed by atoms with van der Waals surface area (Å²) >= 11 is 0. The molecule has 3 amide bonds. The normalized spacial score (nSPS) is 25.1. The Labute approximate surface area is 87.1 Å². The Bertz CT molecular complexity index is 336. The van der Waals surface area contributed by atoms with Gasteiger partial charge in [-0.2, -0.15) is 0 Å². The maximum absolute atomic E-state index is 11.8. The van der Waals surface area contributed by atoms with E-state index in [9.17, 15) is 9.59 Å². The minimum atomic E-state index is -0.812. The van der Waals surface area contributed by atoms with Crippen molar-refractivity contribution in [2.75, 3.05) is 13.1 Å². The Kier molecular flexibility index (Phi) is 3.16. The number of azide groups is 1. The minimum absolute atomic E-state index is 0.107. The van der Waals surface area contributed by atoms with E-state index in [4.69, 9.17) is 5.53 Å². The monoisotopic (exact) mass is 211 g/mol. The zero-order valence-corrected chi connectivity index (χ0v) is 8.73. The Morgan fingerprint density at radius 2 is 2.27 bits per heavy atom. The molecule has 1 fully saturated rings. The van der Waals surface area contributed by atoms with Crippen LogP contribution in [0.3, 0.4) is 0 Å². The molecule has 0 aromatic heterocycles.